The van der Waals surface area contributed by atoms with E-state index in [9.17, 15) is 9.18 Å². The van der Waals surface area contributed by atoms with E-state index >= 15 is 0 Å². The SMILES string of the molecule is CCn1nc(C)c2c1CCN(C(C(=O)NC)c1ccccc1)C2CCc1cccc(F)c1. The Morgan fingerprint density at radius 2 is 2.00 bits per heavy atom. The van der Waals surface area contributed by atoms with E-state index in [-0.39, 0.29) is 17.8 Å². The van der Waals surface area contributed by atoms with Gasteiger partial charge in [0.15, 0.2) is 0 Å². The molecule has 1 aromatic heterocycles. The van der Waals surface area contributed by atoms with Crippen molar-refractivity contribution in [3.63, 3.8) is 0 Å². The maximum absolute atomic E-state index is 13.8. The highest BCUT2D eigenvalue weighted by Crippen LogP contribution is 2.40. The van der Waals surface area contributed by atoms with Crippen LogP contribution in [-0.2, 0) is 24.2 Å². The molecule has 0 aliphatic carbocycles. The van der Waals surface area contributed by atoms with Gasteiger partial charge in [-0.15, -0.1) is 0 Å². The third-order valence-electron chi connectivity index (χ3n) is 6.46. The smallest absolute Gasteiger partial charge is 0.241 e. The molecule has 0 saturated carbocycles. The molecule has 0 radical (unpaired) electrons. The quantitative estimate of drug-likeness (QED) is 0.601. The summed E-state index contributed by atoms with van der Waals surface area (Å²) in [7, 11) is 1.69. The molecular weight excluding hydrogens is 403 g/mol. The van der Waals surface area contributed by atoms with Gasteiger partial charge in [0.05, 0.1) is 5.69 Å². The first-order valence-corrected chi connectivity index (χ1v) is 11.4. The van der Waals surface area contributed by atoms with Gasteiger partial charge in [0.2, 0.25) is 5.91 Å². The van der Waals surface area contributed by atoms with Crippen LogP contribution in [0.3, 0.4) is 0 Å². The van der Waals surface area contributed by atoms with Crippen molar-refractivity contribution in [1.82, 2.24) is 20.0 Å². The lowest BCUT2D eigenvalue weighted by Gasteiger charge is -2.41. The van der Waals surface area contributed by atoms with Gasteiger partial charge in [0, 0.05) is 43.9 Å². The van der Waals surface area contributed by atoms with Gasteiger partial charge >= 0.3 is 0 Å². The summed E-state index contributed by atoms with van der Waals surface area (Å²) in [6.45, 7) is 5.75. The molecule has 1 aliphatic rings. The second kappa shape index (κ2) is 9.65. The Morgan fingerprint density at radius 1 is 1.22 bits per heavy atom. The number of benzene rings is 2. The molecule has 6 heteroatoms. The van der Waals surface area contributed by atoms with Gasteiger partial charge in [-0.2, -0.15) is 5.10 Å². The summed E-state index contributed by atoms with van der Waals surface area (Å²) >= 11 is 0. The summed E-state index contributed by atoms with van der Waals surface area (Å²) < 4.78 is 15.9. The van der Waals surface area contributed by atoms with Gasteiger partial charge in [0.1, 0.15) is 11.9 Å². The lowest BCUT2D eigenvalue weighted by Crippen LogP contribution is -2.45. The van der Waals surface area contributed by atoms with E-state index in [0.29, 0.717) is 0 Å². The monoisotopic (exact) mass is 434 g/mol. The number of hydrogen-bond acceptors (Lipinski definition) is 3. The Bertz CT molecular complexity index is 1080. The second-order valence-corrected chi connectivity index (χ2v) is 8.36. The molecule has 0 spiro atoms. The molecule has 2 heterocycles. The van der Waals surface area contributed by atoms with Crippen molar-refractivity contribution in [2.24, 2.45) is 0 Å². The third kappa shape index (κ3) is 4.32. The summed E-state index contributed by atoms with van der Waals surface area (Å²) in [6, 6.07) is 16.4. The first kappa shape index (κ1) is 22.2. The van der Waals surface area contributed by atoms with Gasteiger partial charge in [-0.3, -0.25) is 14.4 Å². The third-order valence-corrected chi connectivity index (χ3v) is 6.46. The molecule has 168 valence electrons. The zero-order chi connectivity index (χ0) is 22.7. The normalized spacial score (nSPS) is 17.1. The number of likely N-dealkylation sites (N-methyl/N-ethyl adjacent to an activating group) is 1. The highest BCUT2D eigenvalue weighted by atomic mass is 19.1. The number of halogens is 1. The number of carbonyl (C=O) groups excluding carboxylic acids is 1. The average molecular weight is 435 g/mol. The lowest BCUT2D eigenvalue weighted by molar-refractivity contribution is -0.127. The van der Waals surface area contributed by atoms with Crippen molar-refractivity contribution >= 4 is 5.91 Å². The number of carbonyl (C=O) groups is 1. The molecule has 3 aromatic rings. The Morgan fingerprint density at radius 3 is 2.69 bits per heavy atom. The van der Waals surface area contributed by atoms with Crippen LogP contribution in [-0.4, -0.2) is 34.2 Å². The van der Waals surface area contributed by atoms with Gasteiger partial charge < -0.3 is 5.32 Å². The molecule has 2 unspecified atom stereocenters. The molecule has 2 atom stereocenters. The summed E-state index contributed by atoms with van der Waals surface area (Å²) in [5, 5.41) is 7.66. The molecule has 0 bridgehead atoms. The van der Waals surface area contributed by atoms with Crippen molar-refractivity contribution < 1.29 is 9.18 Å². The number of amides is 1. The number of aromatic nitrogens is 2. The number of fused-ring (bicyclic) bond motifs is 1. The molecular formula is C26H31FN4O. The zero-order valence-corrected chi connectivity index (χ0v) is 19.0. The minimum Gasteiger partial charge on any atom is -0.358 e. The summed E-state index contributed by atoms with van der Waals surface area (Å²) in [4.78, 5) is 15.4. The molecule has 2 aromatic carbocycles. The predicted molar refractivity (Wildman–Crippen MR) is 124 cm³/mol. The van der Waals surface area contributed by atoms with Gasteiger partial charge in [-0.25, -0.2) is 4.39 Å². The van der Waals surface area contributed by atoms with E-state index in [1.807, 2.05) is 36.4 Å². The van der Waals surface area contributed by atoms with Crippen molar-refractivity contribution in [3.8, 4) is 0 Å². The van der Waals surface area contributed by atoms with Crippen LogP contribution in [0.15, 0.2) is 54.6 Å². The first-order valence-electron chi connectivity index (χ1n) is 11.4. The molecule has 1 amide bonds. The Labute approximate surface area is 189 Å². The molecule has 0 saturated heterocycles. The van der Waals surface area contributed by atoms with Crippen LogP contribution in [0.1, 0.15) is 53.5 Å². The Balaban J connectivity index is 1.75. The Hall–Kier alpha value is -2.99. The van der Waals surface area contributed by atoms with Crippen LogP contribution in [0.4, 0.5) is 4.39 Å². The van der Waals surface area contributed by atoms with E-state index < -0.39 is 6.04 Å². The first-order chi connectivity index (χ1) is 15.5. The lowest BCUT2D eigenvalue weighted by atomic mass is 9.88. The standard InChI is InChI=1S/C26H31FN4O/c1-4-31-23-15-16-30(25(26(32)28-3)20-10-6-5-7-11-20)22(24(23)18(2)29-31)14-13-19-9-8-12-21(27)17-19/h5-12,17,22,25H,4,13-16H2,1-3H3,(H,28,32). The van der Waals surface area contributed by atoms with Crippen LogP contribution >= 0.6 is 0 Å². The topological polar surface area (TPSA) is 50.2 Å². The van der Waals surface area contributed by atoms with E-state index in [1.165, 1.54) is 17.3 Å². The van der Waals surface area contributed by atoms with Crippen LogP contribution in [0, 0.1) is 12.7 Å². The predicted octanol–water partition coefficient (Wildman–Crippen LogP) is 4.37. The molecule has 5 nitrogen and oxygen atoms in total. The fraction of sp³-hybridized carbons (Fsp3) is 0.385. The minimum absolute atomic E-state index is 0.0176. The van der Waals surface area contributed by atoms with E-state index in [0.717, 1.165) is 49.2 Å². The van der Waals surface area contributed by atoms with E-state index in [1.54, 1.807) is 19.2 Å². The zero-order valence-electron chi connectivity index (χ0n) is 19.0. The number of rotatable bonds is 7. The van der Waals surface area contributed by atoms with Crippen molar-refractivity contribution in [3.05, 3.63) is 88.5 Å². The van der Waals surface area contributed by atoms with Gasteiger partial charge in [0.25, 0.3) is 0 Å². The van der Waals surface area contributed by atoms with Crippen LogP contribution in [0.2, 0.25) is 0 Å². The van der Waals surface area contributed by atoms with Gasteiger partial charge in [-0.1, -0.05) is 42.5 Å². The van der Waals surface area contributed by atoms with Crippen molar-refractivity contribution in [2.75, 3.05) is 13.6 Å². The maximum atomic E-state index is 13.8. The fourth-order valence-corrected chi connectivity index (χ4v) is 5.04. The Kier molecular flexibility index (Phi) is 6.70. The molecule has 1 aliphatic heterocycles. The summed E-state index contributed by atoms with van der Waals surface area (Å²) in [6.07, 6.45) is 2.36. The van der Waals surface area contributed by atoms with Crippen LogP contribution < -0.4 is 5.32 Å². The molecule has 0 fully saturated rings. The van der Waals surface area contributed by atoms with E-state index in [2.05, 4.69) is 28.7 Å². The van der Waals surface area contributed by atoms with Crippen LogP contribution in [0.5, 0.6) is 0 Å². The van der Waals surface area contributed by atoms with E-state index in [4.69, 9.17) is 5.10 Å². The molecule has 4 rings (SSSR count). The number of nitrogens with zero attached hydrogens (tertiary/aromatic N) is 3. The summed E-state index contributed by atoms with van der Waals surface area (Å²) in [5.41, 5.74) is 5.44. The van der Waals surface area contributed by atoms with Crippen LogP contribution in [0.25, 0.3) is 0 Å². The van der Waals surface area contributed by atoms with Crippen molar-refractivity contribution in [2.45, 2.75) is 51.7 Å². The maximum Gasteiger partial charge on any atom is 0.241 e. The highest BCUT2D eigenvalue weighted by molar-refractivity contribution is 5.83. The fourth-order valence-electron chi connectivity index (χ4n) is 5.04. The molecule has 32 heavy (non-hydrogen) atoms. The number of nitrogens with one attached hydrogen (secondary N) is 1. The average Bonchev–Trinajstić information content (AvgIpc) is 3.14. The minimum atomic E-state index is -0.392. The highest BCUT2D eigenvalue weighted by Gasteiger charge is 2.38. The molecule has 1 N–H and O–H groups in total. The second-order valence-electron chi connectivity index (χ2n) is 8.36. The van der Waals surface area contributed by atoms with Crippen molar-refractivity contribution in [1.29, 1.82) is 0 Å². The number of hydrogen-bond donors (Lipinski definition) is 1. The number of aryl methyl sites for hydroxylation is 3. The largest absolute Gasteiger partial charge is 0.358 e. The summed E-state index contributed by atoms with van der Waals surface area (Å²) in [5.74, 6) is -0.234. The van der Waals surface area contributed by atoms with Gasteiger partial charge in [-0.05, 0) is 49.9 Å².